The van der Waals surface area contributed by atoms with Crippen LogP contribution in [0.2, 0.25) is 0 Å². The normalized spacial score (nSPS) is 12.2. The van der Waals surface area contributed by atoms with Gasteiger partial charge in [-0.05, 0) is 12.8 Å². The molecular weight excluding hydrogens is 481 g/mol. The zero-order chi connectivity index (χ0) is 23.3. The van der Waals surface area contributed by atoms with Gasteiger partial charge in [-0.1, -0.05) is 96.8 Å². The van der Waals surface area contributed by atoms with E-state index in [1.807, 2.05) is 0 Å². The van der Waals surface area contributed by atoms with Gasteiger partial charge in [-0.15, -0.1) is 0 Å². The summed E-state index contributed by atoms with van der Waals surface area (Å²) in [5.41, 5.74) is 0. The molecule has 0 aliphatic carbocycles. The Bertz CT molecular complexity index is 488. The average molecular weight is 523 g/mol. The zero-order valence-corrected chi connectivity index (χ0v) is 28.2. The summed E-state index contributed by atoms with van der Waals surface area (Å²) in [5.74, 6) is -1.75. The van der Waals surface area contributed by atoms with Crippen molar-refractivity contribution in [1.82, 2.24) is 0 Å². The third kappa shape index (κ3) is 44.6. The molecule has 0 aromatic carbocycles. The minimum absolute atomic E-state index is 0. The van der Waals surface area contributed by atoms with Crippen LogP contribution >= 0.6 is 0 Å². The van der Waals surface area contributed by atoms with Crippen LogP contribution < -0.4 is 93.8 Å². The summed E-state index contributed by atoms with van der Waals surface area (Å²) >= 11 is 0. The molecular formula is C21H41Na3O8S. The fourth-order valence-corrected chi connectivity index (χ4v) is 3.32. The molecule has 0 rings (SSSR count). The summed E-state index contributed by atoms with van der Waals surface area (Å²) in [6.07, 6.45) is 17.5. The number of carboxylic acids is 1. The first-order chi connectivity index (χ1) is 14.1. The molecule has 0 aromatic rings. The molecule has 182 valence electrons. The van der Waals surface area contributed by atoms with E-state index in [2.05, 4.69) is 6.92 Å². The number of carbonyl (C=O) groups excluding carboxylic acids is 1. The zero-order valence-electron chi connectivity index (χ0n) is 21.4. The number of rotatable bonds is 19. The van der Waals surface area contributed by atoms with E-state index in [1.54, 1.807) is 0 Å². The van der Waals surface area contributed by atoms with E-state index >= 15 is 0 Å². The Labute approximate surface area is 267 Å². The van der Waals surface area contributed by atoms with E-state index in [4.69, 9.17) is 22.6 Å². The van der Waals surface area contributed by atoms with E-state index in [0.29, 0.717) is 6.42 Å². The molecule has 0 radical (unpaired) electrons. The SMILES string of the molecule is CCCCCCCCCCCCCCCCC(CC(O)CO)C(=O)[O-].O=S(=O)([O-])[O-].[Na+].[Na+].[Na+]. The summed E-state index contributed by atoms with van der Waals surface area (Å²) in [4.78, 5) is 11.0. The molecule has 0 aromatic heterocycles. The molecule has 2 N–H and O–H groups in total. The Morgan fingerprint density at radius 3 is 1.33 bits per heavy atom. The minimum atomic E-state index is -5.17. The standard InChI is InChI=1S/C21H42O4.3Na.H2O4S/c1-2-3-4-5-6-7-8-9-10-11-12-13-14-15-16-19(21(24)25)17-20(23)18-22;;;;1-5(2,3)4/h19-20,22-23H,2-18H2,1H3,(H,24,25);;;;(H2,1,2,3,4)/q;3*+1;/p-3. The van der Waals surface area contributed by atoms with Gasteiger partial charge in [0.05, 0.1) is 12.7 Å². The second kappa shape index (κ2) is 32.3. The summed E-state index contributed by atoms with van der Waals surface area (Å²) < 4.78 is 34.1. The first kappa shape index (κ1) is 45.2. The number of aliphatic hydroxyl groups is 2. The Balaban J connectivity index is -0.000000293. The maximum absolute atomic E-state index is 11.0. The molecule has 2 unspecified atom stereocenters. The monoisotopic (exact) mass is 522 g/mol. The summed E-state index contributed by atoms with van der Waals surface area (Å²) in [5, 5.41) is 29.2. The topological polar surface area (TPSA) is 161 Å². The molecule has 0 aliphatic rings. The summed E-state index contributed by atoms with van der Waals surface area (Å²) in [6, 6.07) is 0. The average Bonchev–Trinajstić information content (AvgIpc) is 2.65. The van der Waals surface area contributed by atoms with Gasteiger partial charge in [-0.3, -0.25) is 8.42 Å². The van der Waals surface area contributed by atoms with Gasteiger partial charge in [0.2, 0.25) is 0 Å². The molecule has 2 atom stereocenters. The van der Waals surface area contributed by atoms with Gasteiger partial charge < -0.3 is 29.2 Å². The number of hydrogen-bond donors (Lipinski definition) is 2. The van der Waals surface area contributed by atoms with Gasteiger partial charge in [0.15, 0.2) is 0 Å². The van der Waals surface area contributed by atoms with Crippen LogP contribution in [-0.2, 0) is 15.2 Å². The molecule has 0 aliphatic heterocycles. The van der Waals surface area contributed by atoms with E-state index in [-0.39, 0.29) is 102 Å². The van der Waals surface area contributed by atoms with Crippen molar-refractivity contribution in [3.05, 3.63) is 0 Å². The minimum Gasteiger partial charge on any atom is -0.759 e. The Morgan fingerprint density at radius 1 is 0.758 bits per heavy atom. The third-order valence-electron chi connectivity index (χ3n) is 5.01. The number of carboxylic acid groups (broad SMARTS) is 1. The molecule has 0 fully saturated rings. The Hall–Kier alpha value is 2.26. The molecule has 33 heavy (non-hydrogen) atoms. The van der Waals surface area contributed by atoms with Gasteiger partial charge in [-0.2, -0.15) is 0 Å². The van der Waals surface area contributed by atoms with Gasteiger partial charge >= 0.3 is 88.7 Å². The molecule has 8 nitrogen and oxygen atoms in total. The maximum atomic E-state index is 11.0. The third-order valence-corrected chi connectivity index (χ3v) is 5.01. The Morgan fingerprint density at radius 2 is 1.06 bits per heavy atom. The molecule has 0 saturated heterocycles. The predicted molar refractivity (Wildman–Crippen MR) is 112 cm³/mol. The fraction of sp³-hybridized carbons (Fsp3) is 0.952. The van der Waals surface area contributed by atoms with E-state index in [1.165, 1.54) is 70.6 Å². The van der Waals surface area contributed by atoms with Gasteiger partial charge in [0.25, 0.3) is 0 Å². The van der Waals surface area contributed by atoms with Crippen LogP contribution in [0.1, 0.15) is 110 Å². The largest absolute Gasteiger partial charge is 1.00 e. The maximum Gasteiger partial charge on any atom is 1.00 e. The molecule has 0 spiro atoms. The number of aliphatic hydroxyl groups excluding tert-OH is 2. The van der Waals surface area contributed by atoms with Crippen LogP contribution in [0.15, 0.2) is 0 Å². The van der Waals surface area contributed by atoms with Crippen molar-refractivity contribution in [2.24, 2.45) is 5.92 Å². The van der Waals surface area contributed by atoms with Crippen molar-refractivity contribution in [1.29, 1.82) is 0 Å². The van der Waals surface area contributed by atoms with Gasteiger partial charge in [0.1, 0.15) is 0 Å². The van der Waals surface area contributed by atoms with Crippen molar-refractivity contribution in [3.8, 4) is 0 Å². The van der Waals surface area contributed by atoms with Crippen molar-refractivity contribution in [3.63, 3.8) is 0 Å². The fourth-order valence-electron chi connectivity index (χ4n) is 3.32. The molecule has 0 bridgehead atoms. The number of carbonyl (C=O) groups is 1. The predicted octanol–water partition coefficient (Wildman–Crippen LogP) is -6.36. The second-order valence-electron chi connectivity index (χ2n) is 7.88. The van der Waals surface area contributed by atoms with Crippen LogP contribution in [0.25, 0.3) is 0 Å². The van der Waals surface area contributed by atoms with Crippen LogP contribution in [0.3, 0.4) is 0 Å². The van der Waals surface area contributed by atoms with Gasteiger partial charge in [-0.25, -0.2) is 0 Å². The van der Waals surface area contributed by atoms with Crippen LogP contribution in [-0.4, -0.2) is 46.4 Å². The molecule has 0 amide bonds. The van der Waals surface area contributed by atoms with E-state index < -0.39 is 28.4 Å². The first-order valence-corrected chi connectivity index (χ1v) is 12.6. The van der Waals surface area contributed by atoms with Crippen molar-refractivity contribution >= 4 is 16.4 Å². The second-order valence-corrected chi connectivity index (χ2v) is 8.70. The smallest absolute Gasteiger partial charge is 0.759 e. The quantitative estimate of drug-likeness (QED) is 0.0733. The number of unbranched alkanes of at least 4 members (excludes halogenated alkanes) is 13. The first-order valence-electron chi connectivity index (χ1n) is 11.3. The van der Waals surface area contributed by atoms with E-state index in [9.17, 15) is 15.0 Å². The molecule has 0 heterocycles. The van der Waals surface area contributed by atoms with Crippen LogP contribution in [0.5, 0.6) is 0 Å². The summed E-state index contributed by atoms with van der Waals surface area (Å²) in [7, 11) is -5.17. The molecule has 12 heteroatoms. The van der Waals surface area contributed by atoms with Crippen LogP contribution in [0.4, 0.5) is 0 Å². The number of hydrogen-bond acceptors (Lipinski definition) is 8. The Kier molecular flexibility index (Phi) is 44.2. The van der Waals surface area contributed by atoms with Crippen molar-refractivity contribution in [2.75, 3.05) is 6.61 Å². The van der Waals surface area contributed by atoms with Gasteiger partial charge in [0, 0.05) is 22.3 Å². The number of aliphatic carboxylic acids is 1. The van der Waals surface area contributed by atoms with E-state index in [0.717, 1.165) is 19.3 Å². The summed E-state index contributed by atoms with van der Waals surface area (Å²) in [6.45, 7) is 1.87. The van der Waals surface area contributed by atoms with Crippen molar-refractivity contribution < 1.29 is 126 Å². The van der Waals surface area contributed by atoms with Crippen LogP contribution in [0, 0.1) is 5.92 Å². The van der Waals surface area contributed by atoms with Crippen molar-refractivity contribution in [2.45, 2.75) is 116 Å². The molecule has 0 saturated carbocycles.